The Morgan fingerprint density at radius 2 is 1.68 bits per heavy atom. The van der Waals surface area contributed by atoms with Crippen LogP contribution in [0.15, 0.2) is 73.2 Å². The van der Waals surface area contributed by atoms with Crippen molar-refractivity contribution >= 4 is 28.9 Å². The first-order chi connectivity index (χ1) is 25.7. The van der Waals surface area contributed by atoms with Gasteiger partial charge in [0.1, 0.15) is 12.1 Å². The zero-order valence-corrected chi connectivity index (χ0v) is 29.4. The standard InChI is InChI=1S/C37H43F3N10O3/c1-2-26-21-44-50(47-26)29-20-28(31(51)32(29)53-35(52)37(38,39)40)49-23-43-30-33(45-36(46-34(30)49)41-16-19-48-17-10-5-11-18-48)42-22-27(24-12-6-3-7-13-24)25-14-8-4-9-15-25/h3-4,6-9,12-15,21,23,27-29,31-32,51H,2,5,10-11,16-20,22H2,1H3,(H2,41,42,45,46)/t28-,29+,31+,32-/m1/s1. The highest BCUT2D eigenvalue weighted by Crippen LogP contribution is 2.42. The Kier molecular flexibility index (Phi) is 10.9. The summed E-state index contributed by atoms with van der Waals surface area (Å²) < 4.78 is 46.8. The monoisotopic (exact) mass is 732 g/mol. The fourth-order valence-corrected chi connectivity index (χ4v) is 7.31. The van der Waals surface area contributed by atoms with Crippen LogP contribution in [-0.2, 0) is 16.0 Å². The summed E-state index contributed by atoms with van der Waals surface area (Å²) in [7, 11) is 0. The SMILES string of the molecule is CCc1cnn([C@H]2C[C@@H](n3cnc4c(NCC(c5ccccc5)c5ccccc5)nc(NCCN5CCCCC5)nc43)[C@H](O)[C@@H]2OC(=O)C(F)(F)F)n1. The second-order valence-electron chi connectivity index (χ2n) is 13.5. The van der Waals surface area contributed by atoms with Gasteiger partial charge < -0.3 is 29.9 Å². The lowest BCUT2D eigenvalue weighted by atomic mass is 9.91. The number of benzene rings is 2. The number of hydrogen-bond donors (Lipinski definition) is 3. The highest BCUT2D eigenvalue weighted by atomic mass is 19.4. The Balaban J connectivity index is 1.23. The van der Waals surface area contributed by atoms with Gasteiger partial charge in [0.05, 0.1) is 24.3 Å². The molecule has 4 atom stereocenters. The molecule has 1 aliphatic heterocycles. The molecular formula is C37H43F3N10O3. The van der Waals surface area contributed by atoms with E-state index in [1.54, 1.807) is 4.57 Å². The molecule has 0 amide bonds. The van der Waals surface area contributed by atoms with Gasteiger partial charge in [-0.1, -0.05) is 74.0 Å². The van der Waals surface area contributed by atoms with Crippen molar-refractivity contribution in [2.75, 3.05) is 43.4 Å². The van der Waals surface area contributed by atoms with Crippen LogP contribution >= 0.6 is 0 Å². The second kappa shape index (κ2) is 15.9. The van der Waals surface area contributed by atoms with Gasteiger partial charge in [0, 0.05) is 25.6 Å². The highest BCUT2D eigenvalue weighted by Gasteiger charge is 2.52. The van der Waals surface area contributed by atoms with Gasteiger partial charge in [-0.3, -0.25) is 0 Å². The summed E-state index contributed by atoms with van der Waals surface area (Å²) in [6, 6.07) is 18.4. The number of anilines is 2. The van der Waals surface area contributed by atoms with E-state index >= 15 is 0 Å². The molecule has 16 heteroatoms. The highest BCUT2D eigenvalue weighted by molar-refractivity contribution is 5.84. The Morgan fingerprint density at radius 3 is 2.32 bits per heavy atom. The quantitative estimate of drug-likeness (QED) is 0.138. The number of hydrogen-bond acceptors (Lipinski definition) is 11. The minimum Gasteiger partial charge on any atom is -0.450 e. The molecular weight excluding hydrogens is 689 g/mol. The maximum atomic E-state index is 13.4. The third kappa shape index (κ3) is 8.13. The zero-order valence-electron chi connectivity index (χ0n) is 29.4. The molecule has 3 N–H and O–H groups in total. The van der Waals surface area contributed by atoms with Crippen molar-refractivity contribution < 1.29 is 27.8 Å². The van der Waals surface area contributed by atoms with E-state index in [1.165, 1.54) is 23.7 Å². The van der Waals surface area contributed by atoms with E-state index in [9.17, 15) is 23.1 Å². The first kappa shape index (κ1) is 36.3. The third-order valence-corrected chi connectivity index (χ3v) is 10.1. The molecule has 1 saturated heterocycles. The maximum Gasteiger partial charge on any atom is 0.490 e. The molecule has 2 fully saturated rings. The molecule has 4 heterocycles. The number of aliphatic hydroxyl groups is 1. The molecule has 7 rings (SSSR count). The van der Waals surface area contributed by atoms with Gasteiger partial charge in [0.2, 0.25) is 5.95 Å². The normalized spacial score (nSPS) is 20.9. The number of carbonyl (C=O) groups excluding carboxylic acids is 1. The van der Waals surface area contributed by atoms with Crippen LogP contribution in [0.4, 0.5) is 24.9 Å². The number of nitrogens with zero attached hydrogens (tertiary/aromatic N) is 8. The van der Waals surface area contributed by atoms with E-state index in [4.69, 9.17) is 14.7 Å². The number of ether oxygens (including phenoxy) is 1. The lowest BCUT2D eigenvalue weighted by Gasteiger charge is -2.26. The Morgan fingerprint density at radius 1 is 0.981 bits per heavy atom. The molecule has 280 valence electrons. The van der Waals surface area contributed by atoms with Gasteiger partial charge >= 0.3 is 12.1 Å². The molecule has 1 saturated carbocycles. The lowest BCUT2D eigenvalue weighted by molar-refractivity contribution is -0.210. The molecule has 3 aromatic heterocycles. The number of aromatic nitrogens is 7. The fraction of sp³-hybridized carbons (Fsp3) is 0.459. The smallest absolute Gasteiger partial charge is 0.450 e. The minimum absolute atomic E-state index is 0.0314. The molecule has 1 aliphatic carbocycles. The predicted octanol–water partition coefficient (Wildman–Crippen LogP) is 5.14. The number of aliphatic hydroxyl groups excluding tert-OH is 1. The lowest BCUT2D eigenvalue weighted by Crippen LogP contribution is -2.39. The summed E-state index contributed by atoms with van der Waals surface area (Å²) in [5.41, 5.74) is 3.59. The number of carbonyl (C=O) groups is 1. The number of likely N-dealkylation sites (tertiary alicyclic amines) is 1. The van der Waals surface area contributed by atoms with E-state index in [2.05, 4.69) is 55.0 Å². The van der Waals surface area contributed by atoms with Gasteiger partial charge in [-0.05, 0) is 49.9 Å². The first-order valence-electron chi connectivity index (χ1n) is 18.1. The van der Waals surface area contributed by atoms with Crippen molar-refractivity contribution in [1.82, 2.24) is 39.4 Å². The molecule has 0 bridgehead atoms. The largest absolute Gasteiger partial charge is 0.490 e. The molecule has 0 unspecified atom stereocenters. The fourth-order valence-electron chi connectivity index (χ4n) is 7.31. The number of alkyl halides is 3. The summed E-state index contributed by atoms with van der Waals surface area (Å²) in [5.74, 6) is -1.64. The van der Waals surface area contributed by atoms with Gasteiger partial charge in [-0.2, -0.15) is 38.1 Å². The van der Waals surface area contributed by atoms with Crippen LogP contribution in [0.25, 0.3) is 11.2 Å². The summed E-state index contributed by atoms with van der Waals surface area (Å²) in [6.45, 7) is 5.79. The molecule has 13 nitrogen and oxygen atoms in total. The summed E-state index contributed by atoms with van der Waals surface area (Å²) in [5, 5.41) is 27.1. The number of nitrogens with one attached hydrogen (secondary N) is 2. The van der Waals surface area contributed by atoms with E-state index in [1.807, 2.05) is 43.3 Å². The van der Waals surface area contributed by atoms with E-state index < -0.39 is 36.4 Å². The van der Waals surface area contributed by atoms with Crippen molar-refractivity contribution in [1.29, 1.82) is 0 Å². The van der Waals surface area contributed by atoms with Crippen LogP contribution in [0.2, 0.25) is 0 Å². The van der Waals surface area contributed by atoms with Crippen molar-refractivity contribution in [2.24, 2.45) is 0 Å². The summed E-state index contributed by atoms with van der Waals surface area (Å²) >= 11 is 0. The van der Waals surface area contributed by atoms with Crippen LogP contribution in [-0.4, -0.2) is 102 Å². The molecule has 0 radical (unpaired) electrons. The van der Waals surface area contributed by atoms with Crippen LogP contribution in [0, 0.1) is 0 Å². The number of rotatable bonds is 13. The van der Waals surface area contributed by atoms with E-state index in [-0.39, 0.29) is 12.3 Å². The average Bonchev–Trinajstić information content (AvgIpc) is 3.90. The second-order valence-corrected chi connectivity index (χ2v) is 13.5. The number of esters is 1. The van der Waals surface area contributed by atoms with E-state index in [0.29, 0.717) is 48.1 Å². The van der Waals surface area contributed by atoms with Crippen LogP contribution in [0.3, 0.4) is 0 Å². The van der Waals surface area contributed by atoms with Crippen molar-refractivity contribution in [2.45, 2.75) is 75.4 Å². The van der Waals surface area contributed by atoms with Crippen molar-refractivity contribution in [3.8, 4) is 0 Å². The van der Waals surface area contributed by atoms with E-state index in [0.717, 1.165) is 43.6 Å². The summed E-state index contributed by atoms with van der Waals surface area (Å²) in [4.78, 5) is 30.0. The Bertz CT molecular complexity index is 1930. The molecule has 2 aliphatic rings. The Labute approximate surface area is 304 Å². The molecule has 0 spiro atoms. The number of imidazole rings is 1. The number of fused-ring (bicyclic) bond motifs is 1. The van der Waals surface area contributed by atoms with Crippen LogP contribution in [0.1, 0.15) is 67.4 Å². The van der Waals surface area contributed by atoms with Gasteiger partial charge in [-0.15, -0.1) is 0 Å². The summed E-state index contributed by atoms with van der Waals surface area (Å²) in [6.07, 6.45) is -1.30. The molecule has 2 aromatic carbocycles. The number of halogens is 3. The van der Waals surface area contributed by atoms with Crippen LogP contribution in [0.5, 0.6) is 0 Å². The predicted molar refractivity (Wildman–Crippen MR) is 191 cm³/mol. The third-order valence-electron chi connectivity index (χ3n) is 10.1. The molecule has 53 heavy (non-hydrogen) atoms. The van der Waals surface area contributed by atoms with Crippen LogP contribution < -0.4 is 10.6 Å². The maximum absolute atomic E-state index is 13.4. The van der Waals surface area contributed by atoms with Gasteiger partial charge in [0.25, 0.3) is 0 Å². The number of aryl methyl sites for hydroxylation is 1. The van der Waals surface area contributed by atoms with Gasteiger partial charge in [-0.25, -0.2) is 9.78 Å². The average molecular weight is 733 g/mol. The van der Waals surface area contributed by atoms with Crippen molar-refractivity contribution in [3.05, 3.63) is 90.0 Å². The van der Waals surface area contributed by atoms with Gasteiger partial charge in [0.15, 0.2) is 23.1 Å². The first-order valence-corrected chi connectivity index (χ1v) is 18.1. The minimum atomic E-state index is -5.25. The topological polar surface area (TPSA) is 148 Å². The molecule has 5 aromatic rings. The zero-order chi connectivity index (χ0) is 37.0. The Hall–Kier alpha value is -5.09. The van der Waals surface area contributed by atoms with Crippen molar-refractivity contribution in [3.63, 3.8) is 0 Å². The number of piperidine rings is 1.